The molecule has 1 aliphatic heterocycles. The molecule has 1 aromatic carbocycles. The average Bonchev–Trinajstić information content (AvgIpc) is 3.20. The first-order chi connectivity index (χ1) is 13.7. The van der Waals surface area contributed by atoms with Gasteiger partial charge in [-0.15, -0.1) is 0 Å². The van der Waals surface area contributed by atoms with Gasteiger partial charge in [-0.3, -0.25) is 4.90 Å². The van der Waals surface area contributed by atoms with Crippen LogP contribution >= 0.6 is 0 Å². The summed E-state index contributed by atoms with van der Waals surface area (Å²) in [6.07, 6.45) is 6.79. The molecule has 28 heavy (non-hydrogen) atoms. The number of para-hydroxylation sites is 1. The molecule has 0 bridgehead atoms. The highest BCUT2D eigenvalue weighted by molar-refractivity contribution is 5.69. The summed E-state index contributed by atoms with van der Waals surface area (Å²) in [5.74, 6) is 1.76. The van der Waals surface area contributed by atoms with Crippen LogP contribution in [0.2, 0.25) is 0 Å². The third-order valence-electron chi connectivity index (χ3n) is 5.10. The van der Waals surface area contributed by atoms with E-state index in [9.17, 15) is 0 Å². The second-order valence-corrected chi connectivity index (χ2v) is 6.97. The molecule has 1 fully saturated rings. The molecule has 0 saturated carbocycles. The Balaban J connectivity index is 1.48. The van der Waals surface area contributed by atoms with Crippen molar-refractivity contribution < 1.29 is 9.26 Å². The van der Waals surface area contributed by atoms with E-state index in [0.29, 0.717) is 35.7 Å². The Morgan fingerprint density at radius 1 is 1.25 bits per heavy atom. The second-order valence-electron chi connectivity index (χ2n) is 6.97. The molecule has 1 aliphatic rings. The van der Waals surface area contributed by atoms with E-state index in [2.05, 4.69) is 31.9 Å². The average molecular weight is 380 g/mol. The van der Waals surface area contributed by atoms with Crippen molar-refractivity contribution in [2.24, 2.45) is 0 Å². The molecule has 0 spiro atoms. The molecule has 8 heteroatoms. The minimum absolute atomic E-state index is 0.308. The van der Waals surface area contributed by atoms with Crippen molar-refractivity contribution >= 4 is 5.82 Å². The normalized spacial score (nSPS) is 17.5. The van der Waals surface area contributed by atoms with Crippen molar-refractivity contribution in [1.29, 1.82) is 0 Å². The van der Waals surface area contributed by atoms with Gasteiger partial charge in [-0.1, -0.05) is 23.7 Å². The Labute approximate surface area is 163 Å². The summed E-state index contributed by atoms with van der Waals surface area (Å²) in [5.41, 5.74) is 7.17. The van der Waals surface area contributed by atoms with Crippen molar-refractivity contribution in [3.8, 4) is 28.6 Å². The summed E-state index contributed by atoms with van der Waals surface area (Å²) in [6, 6.07) is 8.28. The van der Waals surface area contributed by atoms with Gasteiger partial charge in [-0.25, -0.2) is 9.97 Å². The lowest BCUT2D eigenvalue weighted by atomic mass is 10.0. The predicted octanol–water partition coefficient (Wildman–Crippen LogP) is 3.03. The van der Waals surface area contributed by atoms with Gasteiger partial charge in [0.25, 0.3) is 5.89 Å². The zero-order valence-corrected chi connectivity index (χ0v) is 15.9. The van der Waals surface area contributed by atoms with Crippen molar-refractivity contribution in [2.45, 2.75) is 32.2 Å². The van der Waals surface area contributed by atoms with E-state index in [-0.39, 0.29) is 0 Å². The number of aromatic nitrogens is 4. The number of benzene rings is 1. The molecule has 2 aromatic heterocycles. The molecule has 8 nitrogen and oxygen atoms in total. The molecule has 0 radical (unpaired) electrons. The molecular formula is C20H24N6O2. The van der Waals surface area contributed by atoms with Crippen LogP contribution in [0.4, 0.5) is 5.82 Å². The first-order valence-electron chi connectivity index (χ1n) is 9.58. The fraction of sp³-hybridized carbons (Fsp3) is 0.400. The molecule has 4 rings (SSSR count). The van der Waals surface area contributed by atoms with Crippen LogP contribution in [0.15, 0.2) is 41.3 Å². The first-order valence-corrected chi connectivity index (χ1v) is 9.58. The van der Waals surface area contributed by atoms with E-state index in [4.69, 9.17) is 15.0 Å². The Bertz CT molecular complexity index is 928. The highest BCUT2D eigenvalue weighted by Crippen LogP contribution is 2.31. The predicted molar refractivity (Wildman–Crippen MR) is 106 cm³/mol. The highest BCUT2D eigenvalue weighted by atomic mass is 16.5. The van der Waals surface area contributed by atoms with Gasteiger partial charge in [0.2, 0.25) is 5.82 Å². The molecule has 0 amide bonds. The molecule has 3 heterocycles. The Kier molecular flexibility index (Phi) is 5.48. The van der Waals surface area contributed by atoms with Crippen LogP contribution in [0.1, 0.15) is 26.2 Å². The molecule has 3 aromatic rings. The molecule has 2 N–H and O–H groups in total. The van der Waals surface area contributed by atoms with E-state index in [0.717, 1.165) is 24.4 Å². The minimum Gasteiger partial charge on any atom is -0.491 e. The van der Waals surface area contributed by atoms with Gasteiger partial charge in [0, 0.05) is 18.8 Å². The Morgan fingerprint density at radius 3 is 3.00 bits per heavy atom. The number of nitrogens with zero attached hydrogens (tertiary/aromatic N) is 5. The fourth-order valence-electron chi connectivity index (χ4n) is 3.49. The van der Waals surface area contributed by atoms with Gasteiger partial charge in [0.1, 0.15) is 24.5 Å². The van der Waals surface area contributed by atoms with Crippen LogP contribution in [-0.4, -0.2) is 50.7 Å². The summed E-state index contributed by atoms with van der Waals surface area (Å²) in [6.45, 7) is 4.94. The Hall–Kier alpha value is -3.00. The number of hydrogen-bond donors (Lipinski definition) is 1. The first kappa shape index (κ1) is 18.4. The number of nitrogens with two attached hydrogens (primary N) is 1. The summed E-state index contributed by atoms with van der Waals surface area (Å²) < 4.78 is 11.5. The third kappa shape index (κ3) is 3.96. The van der Waals surface area contributed by atoms with Gasteiger partial charge in [-0.2, -0.15) is 4.98 Å². The van der Waals surface area contributed by atoms with E-state index >= 15 is 0 Å². The van der Waals surface area contributed by atoms with Crippen molar-refractivity contribution in [2.75, 3.05) is 25.4 Å². The molecule has 0 aliphatic carbocycles. The van der Waals surface area contributed by atoms with Gasteiger partial charge < -0.3 is 15.0 Å². The van der Waals surface area contributed by atoms with Crippen LogP contribution < -0.4 is 10.5 Å². The molecule has 1 saturated heterocycles. The van der Waals surface area contributed by atoms with E-state index in [1.54, 1.807) is 6.20 Å². The maximum absolute atomic E-state index is 6.06. The van der Waals surface area contributed by atoms with E-state index in [1.165, 1.54) is 25.6 Å². The number of likely N-dealkylation sites (tertiary alicyclic amines) is 1. The summed E-state index contributed by atoms with van der Waals surface area (Å²) in [4.78, 5) is 14.9. The number of anilines is 1. The molecular weight excluding hydrogens is 356 g/mol. The lowest BCUT2D eigenvalue weighted by Gasteiger charge is -2.33. The zero-order valence-electron chi connectivity index (χ0n) is 15.9. The fourth-order valence-corrected chi connectivity index (χ4v) is 3.49. The van der Waals surface area contributed by atoms with Crippen LogP contribution in [0.3, 0.4) is 0 Å². The van der Waals surface area contributed by atoms with E-state index < -0.39 is 0 Å². The van der Waals surface area contributed by atoms with Crippen molar-refractivity contribution in [3.63, 3.8) is 0 Å². The minimum atomic E-state index is 0.308. The molecule has 1 atom stereocenters. The number of rotatable bonds is 6. The van der Waals surface area contributed by atoms with Crippen LogP contribution in [0.5, 0.6) is 5.75 Å². The highest BCUT2D eigenvalue weighted by Gasteiger charge is 2.19. The SMILES string of the molecule is CC1CCCCN1CCOc1ccccc1-c1nc(-c2cncnc2N)no1. The third-order valence-corrected chi connectivity index (χ3v) is 5.10. The van der Waals surface area contributed by atoms with Crippen LogP contribution in [0, 0.1) is 0 Å². The quantitative estimate of drug-likeness (QED) is 0.696. The second kappa shape index (κ2) is 8.35. The lowest BCUT2D eigenvalue weighted by Crippen LogP contribution is -2.39. The smallest absolute Gasteiger partial charge is 0.262 e. The number of piperidine rings is 1. The van der Waals surface area contributed by atoms with Gasteiger partial charge in [0.05, 0.1) is 11.1 Å². The maximum atomic E-state index is 6.06. The largest absolute Gasteiger partial charge is 0.491 e. The number of nitrogen functional groups attached to an aromatic ring is 1. The van der Waals surface area contributed by atoms with Gasteiger partial charge in [0.15, 0.2) is 0 Å². The molecule has 1 unspecified atom stereocenters. The van der Waals surface area contributed by atoms with Crippen LogP contribution in [0.25, 0.3) is 22.8 Å². The van der Waals surface area contributed by atoms with Crippen molar-refractivity contribution in [3.05, 3.63) is 36.8 Å². The van der Waals surface area contributed by atoms with Gasteiger partial charge in [-0.05, 0) is 38.4 Å². The van der Waals surface area contributed by atoms with Crippen molar-refractivity contribution in [1.82, 2.24) is 25.0 Å². The standard InChI is InChI=1S/C20H24N6O2/c1-14-6-4-5-9-26(14)10-11-27-17-8-3-2-7-15(17)20-24-19(25-28-20)16-12-22-13-23-18(16)21/h2-3,7-8,12-14H,4-6,9-11H2,1H3,(H2,21,22,23). The topological polar surface area (TPSA) is 103 Å². The number of hydrogen-bond acceptors (Lipinski definition) is 8. The molecule has 146 valence electrons. The summed E-state index contributed by atoms with van der Waals surface area (Å²) in [5, 5.41) is 4.02. The monoisotopic (exact) mass is 380 g/mol. The maximum Gasteiger partial charge on any atom is 0.262 e. The summed E-state index contributed by atoms with van der Waals surface area (Å²) >= 11 is 0. The van der Waals surface area contributed by atoms with Crippen LogP contribution in [-0.2, 0) is 0 Å². The zero-order chi connectivity index (χ0) is 19.3. The van der Waals surface area contributed by atoms with E-state index in [1.807, 2.05) is 24.3 Å². The van der Waals surface area contributed by atoms with Gasteiger partial charge >= 0.3 is 0 Å². The Morgan fingerprint density at radius 2 is 2.14 bits per heavy atom. The lowest BCUT2D eigenvalue weighted by molar-refractivity contribution is 0.133. The summed E-state index contributed by atoms with van der Waals surface area (Å²) in [7, 11) is 0. The number of ether oxygens (including phenoxy) is 1.